The lowest BCUT2D eigenvalue weighted by molar-refractivity contribution is 0.0675. The van der Waals surface area contributed by atoms with Crippen molar-refractivity contribution in [2.45, 2.75) is 51.5 Å². The molecule has 0 aliphatic carbocycles. The number of hydrogen-bond donors (Lipinski definition) is 1. The van der Waals surface area contributed by atoms with Crippen molar-refractivity contribution in [2.75, 3.05) is 40.0 Å². The summed E-state index contributed by atoms with van der Waals surface area (Å²) in [5.41, 5.74) is 3.01. The molecule has 1 N–H and O–H groups in total. The number of nitrogens with zero attached hydrogens (tertiary/aromatic N) is 3. The Morgan fingerprint density at radius 2 is 1.94 bits per heavy atom. The van der Waals surface area contributed by atoms with Crippen LogP contribution in [0, 0.1) is 12.8 Å². The fraction of sp³-hybridized carbons (Fsp3) is 0.577. The lowest BCUT2D eigenvalue weighted by Gasteiger charge is -2.32. The van der Waals surface area contributed by atoms with Crippen LogP contribution in [0.25, 0.3) is 21.8 Å². The van der Waals surface area contributed by atoms with Gasteiger partial charge in [-0.05, 0) is 69.1 Å². The van der Waals surface area contributed by atoms with Crippen molar-refractivity contribution >= 4 is 27.7 Å². The SMILES string of the molecule is COCCCC1CCN(C(=O)c2cc3c(cc2C)[nH]c(=O)c2cnn(C4CCOCC4)c23)CC1. The quantitative estimate of drug-likeness (QED) is 0.558. The molecule has 34 heavy (non-hydrogen) atoms. The molecule has 0 unspecified atom stereocenters. The molecule has 0 radical (unpaired) electrons. The van der Waals surface area contributed by atoms with Gasteiger partial charge in [0.25, 0.3) is 11.5 Å². The van der Waals surface area contributed by atoms with E-state index in [0.29, 0.717) is 30.1 Å². The van der Waals surface area contributed by atoms with E-state index in [9.17, 15) is 9.59 Å². The number of fused-ring (bicyclic) bond motifs is 3. The number of piperidine rings is 1. The maximum absolute atomic E-state index is 13.6. The summed E-state index contributed by atoms with van der Waals surface area (Å²) in [6, 6.07) is 4.09. The van der Waals surface area contributed by atoms with Crippen molar-refractivity contribution in [3.05, 3.63) is 39.8 Å². The van der Waals surface area contributed by atoms with Gasteiger partial charge in [-0.25, -0.2) is 0 Å². The Hall–Kier alpha value is -2.71. The summed E-state index contributed by atoms with van der Waals surface area (Å²) in [6.07, 6.45) is 7.69. The Balaban J connectivity index is 1.46. The first-order chi connectivity index (χ1) is 16.6. The third-order valence-corrected chi connectivity index (χ3v) is 7.54. The highest BCUT2D eigenvalue weighted by molar-refractivity contribution is 6.07. The molecule has 1 amide bonds. The van der Waals surface area contributed by atoms with Crippen LogP contribution >= 0.6 is 0 Å². The third-order valence-electron chi connectivity index (χ3n) is 7.54. The Labute approximate surface area is 199 Å². The minimum atomic E-state index is -0.144. The van der Waals surface area contributed by atoms with Crippen LogP contribution in [0.4, 0.5) is 0 Å². The highest BCUT2D eigenvalue weighted by Crippen LogP contribution is 2.31. The van der Waals surface area contributed by atoms with Crippen LogP contribution in [0.3, 0.4) is 0 Å². The van der Waals surface area contributed by atoms with Gasteiger partial charge in [0.15, 0.2) is 0 Å². The summed E-state index contributed by atoms with van der Waals surface area (Å²) in [5.74, 6) is 0.738. The highest BCUT2D eigenvalue weighted by atomic mass is 16.5. The lowest BCUT2D eigenvalue weighted by Crippen LogP contribution is -2.38. The number of aryl methyl sites for hydroxylation is 1. The van der Waals surface area contributed by atoms with Crippen LogP contribution in [0.5, 0.6) is 0 Å². The Morgan fingerprint density at radius 1 is 1.18 bits per heavy atom. The smallest absolute Gasteiger partial charge is 0.259 e. The minimum Gasteiger partial charge on any atom is -0.385 e. The van der Waals surface area contributed by atoms with Gasteiger partial charge in [0.1, 0.15) is 0 Å². The summed E-state index contributed by atoms with van der Waals surface area (Å²) in [4.78, 5) is 31.3. The first-order valence-corrected chi connectivity index (χ1v) is 12.5. The van der Waals surface area contributed by atoms with Gasteiger partial charge in [0, 0.05) is 51.0 Å². The Bertz CT molecular complexity index is 1230. The molecule has 8 heteroatoms. The number of ether oxygens (including phenoxy) is 2. The number of carbonyl (C=O) groups is 1. The second kappa shape index (κ2) is 9.88. The molecule has 3 aromatic rings. The predicted octanol–water partition coefficient (Wildman–Crippen LogP) is 3.82. The molecule has 182 valence electrons. The minimum absolute atomic E-state index is 0.0752. The van der Waals surface area contributed by atoms with Crippen LogP contribution in [0.2, 0.25) is 0 Å². The number of benzene rings is 1. The van der Waals surface area contributed by atoms with Gasteiger partial charge >= 0.3 is 0 Å². The summed E-state index contributed by atoms with van der Waals surface area (Å²) in [7, 11) is 1.74. The molecular weight excluding hydrogens is 432 g/mol. The van der Waals surface area contributed by atoms with Gasteiger partial charge in [-0.2, -0.15) is 5.10 Å². The number of hydrogen-bond acceptors (Lipinski definition) is 5. The van der Waals surface area contributed by atoms with Crippen LogP contribution in [-0.2, 0) is 9.47 Å². The number of pyridine rings is 1. The number of aromatic nitrogens is 3. The molecule has 1 aromatic carbocycles. The second-order valence-electron chi connectivity index (χ2n) is 9.73. The zero-order valence-corrected chi connectivity index (χ0v) is 20.1. The second-order valence-corrected chi connectivity index (χ2v) is 9.73. The van der Waals surface area contributed by atoms with E-state index >= 15 is 0 Å². The largest absolute Gasteiger partial charge is 0.385 e. The first kappa shape index (κ1) is 23.1. The van der Waals surface area contributed by atoms with E-state index in [2.05, 4.69) is 10.1 Å². The molecule has 8 nitrogen and oxygen atoms in total. The summed E-state index contributed by atoms with van der Waals surface area (Å²) in [5, 5.41) is 6.04. The van der Waals surface area contributed by atoms with Crippen molar-refractivity contribution in [3.8, 4) is 0 Å². The number of rotatable bonds is 6. The van der Waals surface area contributed by atoms with Gasteiger partial charge in [-0.3, -0.25) is 14.3 Å². The van der Waals surface area contributed by atoms with Crippen LogP contribution < -0.4 is 5.56 Å². The van der Waals surface area contributed by atoms with Gasteiger partial charge in [0.05, 0.1) is 28.7 Å². The molecule has 4 heterocycles. The van der Waals surface area contributed by atoms with Crippen LogP contribution in [-0.4, -0.2) is 65.6 Å². The molecule has 2 aliphatic heterocycles. The number of likely N-dealkylation sites (tertiary alicyclic amines) is 1. The van der Waals surface area contributed by atoms with Gasteiger partial charge in [-0.15, -0.1) is 0 Å². The highest BCUT2D eigenvalue weighted by Gasteiger charge is 2.26. The van der Waals surface area contributed by atoms with Crippen molar-refractivity contribution in [1.29, 1.82) is 0 Å². The number of nitrogens with one attached hydrogen (secondary N) is 1. The zero-order valence-electron chi connectivity index (χ0n) is 20.1. The standard InChI is InChI=1S/C26H34N4O4/c1-17-14-23-21(15-20(17)26(32)29-9-5-18(6-10-29)4-3-11-33-2)24-22(25(31)28-23)16-27-30(24)19-7-12-34-13-8-19/h14-16,18-19H,3-13H2,1-2H3,(H,28,31). The predicted molar refractivity (Wildman–Crippen MR) is 131 cm³/mol. The molecular formula is C26H34N4O4. The van der Waals surface area contributed by atoms with Crippen LogP contribution in [0.15, 0.2) is 23.1 Å². The molecule has 2 aromatic heterocycles. The van der Waals surface area contributed by atoms with E-state index in [1.165, 1.54) is 0 Å². The molecule has 0 saturated carbocycles. The fourth-order valence-electron chi connectivity index (χ4n) is 5.54. The number of methoxy groups -OCH3 is 1. The van der Waals surface area contributed by atoms with Crippen molar-refractivity contribution in [2.24, 2.45) is 5.92 Å². The van der Waals surface area contributed by atoms with Crippen LogP contribution in [0.1, 0.15) is 60.5 Å². The fourth-order valence-corrected chi connectivity index (χ4v) is 5.54. The molecule has 2 saturated heterocycles. The van der Waals surface area contributed by atoms with Crippen molar-refractivity contribution < 1.29 is 14.3 Å². The number of amides is 1. The average molecular weight is 467 g/mol. The third kappa shape index (κ3) is 4.36. The van der Waals surface area contributed by atoms with Gasteiger partial charge in [-0.1, -0.05) is 0 Å². The van der Waals surface area contributed by atoms with E-state index in [1.807, 2.05) is 28.6 Å². The summed E-state index contributed by atoms with van der Waals surface area (Å²) in [6.45, 7) is 5.71. The van der Waals surface area contributed by atoms with Crippen molar-refractivity contribution in [3.63, 3.8) is 0 Å². The summed E-state index contributed by atoms with van der Waals surface area (Å²) >= 11 is 0. The normalized spacial score (nSPS) is 18.2. The molecule has 5 rings (SSSR count). The van der Waals surface area contributed by atoms with E-state index in [1.54, 1.807) is 13.3 Å². The topological polar surface area (TPSA) is 89.5 Å². The lowest BCUT2D eigenvalue weighted by atomic mass is 9.91. The Morgan fingerprint density at radius 3 is 2.68 bits per heavy atom. The average Bonchev–Trinajstić information content (AvgIpc) is 3.31. The monoisotopic (exact) mass is 466 g/mol. The molecule has 0 spiro atoms. The molecule has 2 fully saturated rings. The van der Waals surface area contributed by atoms with E-state index < -0.39 is 0 Å². The van der Waals surface area contributed by atoms with E-state index in [4.69, 9.17) is 9.47 Å². The number of aromatic amines is 1. The van der Waals surface area contributed by atoms with E-state index in [-0.39, 0.29) is 17.5 Å². The van der Waals surface area contributed by atoms with Crippen molar-refractivity contribution in [1.82, 2.24) is 19.7 Å². The molecule has 0 bridgehead atoms. The maximum atomic E-state index is 13.6. The van der Waals surface area contributed by atoms with Gasteiger partial charge in [0.2, 0.25) is 0 Å². The maximum Gasteiger partial charge on any atom is 0.259 e. The first-order valence-electron chi connectivity index (χ1n) is 12.5. The zero-order chi connectivity index (χ0) is 23.7. The van der Waals surface area contributed by atoms with E-state index in [0.717, 1.165) is 80.2 Å². The summed E-state index contributed by atoms with van der Waals surface area (Å²) < 4.78 is 12.7. The number of H-pyrrole nitrogens is 1. The molecule has 2 aliphatic rings. The van der Waals surface area contributed by atoms with Gasteiger partial charge < -0.3 is 19.4 Å². The Kier molecular flexibility index (Phi) is 6.70. The molecule has 0 atom stereocenters. The number of carbonyl (C=O) groups excluding carboxylic acids is 1.